The van der Waals surface area contributed by atoms with Crippen molar-refractivity contribution >= 4 is 61.5 Å². The number of fused-ring (bicyclic) bond motifs is 3. The van der Waals surface area contributed by atoms with Gasteiger partial charge in [0.15, 0.2) is 0 Å². The van der Waals surface area contributed by atoms with Crippen LogP contribution < -0.4 is 4.90 Å². The van der Waals surface area contributed by atoms with Crippen molar-refractivity contribution in [3.63, 3.8) is 0 Å². The summed E-state index contributed by atoms with van der Waals surface area (Å²) in [6.45, 7) is 4.31. The molecule has 0 aliphatic heterocycles. The lowest BCUT2D eigenvalue weighted by Gasteiger charge is -2.26. The zero-order valence-corrected chi connectivity index (χ0v) is 33.3. The van der Waals surface area contributed by atoms with Gasteiger partial charge in [-0.15, -0.1) is 0 Å². The number of rotatable bonds is 8. The van der Waals surface area contributed by atoms with Crippen molar-refractivity contribution in [1.29, 1.82) is 0 Å². The van der Waals surface area contributed by atoms with Gasteiger partial charge in [0.05, 0.1) is 0 Å². The molecule has 0 saturated heterocycles. The third-order valence-corrected chi connectivity index (χ3v) is 11.6. The molecule has 0 heterocycles. The monoisotopic (exact) mass is 753 g/mol. The summed E-state index contributed by atoms with van der Waals surface area (Å²) in [5.41, 5.74) is 15.7. The highest BCUT2D eigenvalue weighted by Gasteiger charge is 2.19. The molecule has 0 aromatic heterocycles. The average Bonchev–Trinajstić information content (AvgIpc) is 3.28. The van der Waals surface area contributed by atoms with Gasteiger partial charge in [0.25, 0.3) is 0 Å². The van der Waals surface area contributed by atoms with Crippen LogP contribution >= 0.6 is 0 Å². The highest BCUT2D eigenvalue weighted by Crippen LogP contribution is 2.46. The summed E-state index contributed by atoms with van der Waals surface area (Å²) in [5, 5.41) is 7.47. The first kappa shape index (κ1) is 35.9. The van der Waals surface area contributed by atoms with E-state index in [4.69, 9.17) is 0 Å². The molecule has 0 amide bonds. The van der Waals surface area contributed by atoms with Gasteiger partial charge in [-0.25, -0.2) is 0 Å². The van der Waals surface area contributed by atoms with E-state index in [0.717, 1.165) is 17.1 Å². The molecule has 10 aromatic rings. The SMILES string of the molecule is Cc1cccc(N(c2ccc(-c3c4ccccc4c(-c4ccc(C=Cc5ccc(-c6ccccc6)cc5)c5ccccc45)c4ccccc34)cc2)c2cccc(C)c2)c1. The molecule has 280 valence electrons. The molecule has 59 heavy (non-hydrogen) atoms. The molecule has 1 nitrogen and oxygen atoms in total. The Morgan fingerprint density at radius 1 is 0.322 bits per heavy atom. The largest absolute Gasteiger partial charge is 0.310 e. The van der Waals surface area contributed by atoms with E-state index in [2.05, 4.69) is 243 Å². The van der Waals surface area contributed by atoms with Crippen LogP contribution in [0, 0.1) is 13.8 Å². The molecule has 0 unspecified atom stereocenters. The second kappa shape index (κ2) is 15.5. The van der Waals surface area contributed by atoms with E-state index in [1.54, 1.807) is 0 Å². The predicted molar refractivity (Wildman–Crippen MR) is 255 cm³/mol. The van der Waals surface area contributed by atoms with E-state index in [9.17, 15) is 0 Å². The fourth-order valence-corrected chi connectivity index (χ4v) is 8.78. The van der Waals surface area contributed by atoms with E-state index in [0.29, 0.717) is 0 Å². The van der Waals surface area contributed by atoms with Crippen LogP contribution in [0.5, 0.6) is 0 Å². The van der Waals surface area contributed by atoms with Crippen LogP contribution in [0.15, 0.2) is 212 Å². The third-order valence-electron chi connectivity index (χ3n) is 11.6. The van der Waals surface area contributed by atoms with Crippen molar-refractivity contribution in [2.45, 2.75) is 13.8 Å². The molecule has 0 aliphatic rings. The fraction of sp³-hybridized carbons (Fsp3) is 0.0345. The Hall–Kier alpha value is -7.48. The summed E-state index contributed by atoms with van der Waals surface area (Å²) in [6.07, 6.45) is 4.48. The maximum absolute atomic E-state index is 2.36. The zero-order valence-electron chi connectivity index (χ0n) is 33.3. The molecule has 0 N–H and O–H groups in total. The first-order valence-electron chi connectivity index (χ1n) is 20.4. The number of hydrogen-bond donors (Lipinski definition) is 0. The molecule has 1 heteroatoms. The number of benzene rings is 10. The van der Waals surface area contributed by atoms with Gasteiger partial charge in [0.1, 0.15) is 0 Å². The van der Waals surface area contributed by atoms with Crippen LogP contribution in [0.2, 0.25) is 0 Å². The molecule has 10 aromatic carbocycles. The van der Waals surface area contributed by atoms with E-state index in [-0.39, 0.29) is 0 Å². The number of anilines is 3. The minimum absolute atomic E-state index is 1.12. The minimum Gasteiger partial charge on any atom is -0.310 e. The summed E-state index contributed by atoms with van der Waals surface area (Å²) >= 11 is 0. The molecule has 0 aliphatic carbocycles. The second-order valence-electron chi connectivity index (χ2n) is 15.5. The van der Waals surface area contributed by atoms with Crippen LogP contribution in [0.3, 0.4) is 0 Å². The van der Waals surface area contributed by atoms with Gasteiger partial charge in [-0.3, -0.25) is 0 Å². The van der Waals surface area contributed by atoms with Gasteiger partial charge in [-0.1, -0.05) is 188 Å². The maximum Gasteiger partial charge on any atom is 0.0464 e. The average molecular weight is 754 g/mol. The third kappa shape index (κ3) is 6.88. The lowest BCUT2D eigenvalue weighted by atomic mass is 9.84. The Kier molecular flexibility index (Phi) is 9.41. The Morgan fingerprint density at radius 2 is 0.814 bits per heavy atom. The van der Waals surface area contributed by atoms with E-state index in [1.807, 2.05) is 0 Å². The first-order chi connectivity index (χ1) is 29.1. The summed E-state index contributed by atoms with van der Waals surface area (Å²) in [5.74, 6) is 0. The Labute approximate surface area is 346 Å². The summed E-state index contributed by atoms with van der Waals surface area (Å²) in [4.78, 5) is 2.36. The second-order valence-corrected chi connectivity index (χ2v) is 15.5. The molecule has 0 radical (unpaired) electrons. The molecule has 10 rings (SSSR count). The van der Waals surface area contributed by atoms with Crippen LogP contribution in [0.4, 0.5) is 17.1 Å². The maximum atomic E-state index is 2.36. The predicted octanol–water partition coefficient (Wildman–Crippen LogP) is 16.4. The van der Waals surface area contributed by atoms with E-state index in [1.165, 1.54) is 88.0 Å². The number of hydrogen-bond acceptors (Lipinski definition) is 1. The normalized spacial score (nSPS) is 11.5. The first-order valence-corrected chi connectivity index (χ1v) is 20.4. The van der Waals surface area contributed by atoms with Gasteiger partial charge < -0.3 is 4.90 Å². The fourth-order valence-electron chi connectivity index (χ4n) is 8.78. The van der Waals surface area contributed by atoms with Gasteiger partial charge >= 0.3 is 0 Å². The molecule has 0 spiro atoms. The molecular weight excluding hydrogens is 711 g/mol. The zero-order chi connectivity index (χ0) is 39.7. The number of aryl methyl sites for hydroxylation is 2. The van der Waals surface area contributed by atoms with E-state index < -0.39 is 0 Å². The molecule has 0 bridgehead atoms. The van der Waals surface area contributed by atoms with Crippen LogP contribution in [0.25, 0.3) is 77.9 Å². The van der Waals surface area contributed by atoms with Crippen molar-refractivity contribution in [2.75, 3.05) is 4.90 Å². The van der Waals surface area contributed by atoms with Crippen molar-refractivity contribution in [2.24, 2.45) is 0 Å². The van der Waals surface area contributed by atoms with Crippen molar-refractivity contribution in [3.8, 4) is 33.4 Å². The Balaban J connectivity index is 1.07. The smallest absolute Gasteiger partial charge is 0.0464 e. The van der Waals surface area contributed by atoms with Crippen molar-refractivity contribution in [3.05, 3.63) is 235 Å². The highest BCUT2D eigenvalue weighted by molar-refractivity contribution is 6.23. The van der Waals surface area contributed by atoms with Gasteiger partial charge in [0, 0.05) is 17.1 Å². The Bertz CT molecular complexity index is 3050. The lowest BCUT2D eigenvalue weighted by molar-refractivity contribution is 1.26. The van der Waals surface area contributed by atoms with Gasteiger partial charge in [-0.2, -0.15) is 0 Å². The van der Waals surface area contributed by atoms with Gasteiger partial charge in [-0.05, 0) is 138 Å². The van der Waals surface area contributed by atoms with E-state index >= 15 is 0 Å². The lowest BCUT2D eigenvalue weighted by Crippen LogP contribution is -2.10. The standard InChI is InChI=1S/C58H43N/c1-40-14-12-18-48(38-40)59(49-19-13-15-41(2)39-49)47-35-32-46(33-36-47)57-52-22-8-10-24-54(52)58(55-25-11-9-23-53(55)57)56-37-34-45(50-20-6-7-21-51(50)56)31-28-42-26-29-44(30-27-42)43-16-4-3-5-17-43/h3-39H,1-2H3. The molecule has 0 atom stereocenters. The highest BCUT2D eigenvalue weighted by atomic mass is 15.1. The summed E-state index contributed by atoms with van der Waals surface area (Å²) < 4.78 is 0. The van der Waals surface area contributed by atoms with Crippen molar-refractivity contribution in [1.82, 2.24) is 0 Å². The van der Waals surface area contributed by atoms with Gasteiger partial charge in [0.2, 0.25) is 0 Å². The van der Waals surface area contributed by atoms with Crippen LogP contribution in [-0.4, -0.2) is 0 Å². The molecule has 0 saturated carbocycles. The Morgan fingerprint density at radius 3 is 1.39 bits per heavy atom. The quantitative estimate of drug-likeness (QED) is 0.110. The van der Waals surface area contributed by atoms with Crippen LogP contribution in [0.1, 0.15) is 22.3 Å². The molecular formula is C58H43N. The summed E-state index contributed by atoms with van der Waals surface area (Å²) in [7, 11) is 0. The van der Waals surface area contributed by atoms with Crippen LogP contribution in [-0.2, 0) is 0 Å². The summed E-state index contributed by atoms with van der Waals surface area (Å²) in [6, 6.07) is 77.4. The topological polar surface area (TPSA) is 3.24 Å². The molecule has 0 fully saturated rings. The van der Waals surface area contributed by atoms with Crippen molar-refractivity contribution < 1.29 is 0 Å². The number of nitrogens with zero attached hydrogens (tertiary/aromatic N) is 1. The minimum atomic E-state index is 1.12.